The number of methoxy groups -OCH3 is 1. The van der Waals surface area contributed by atoms with Gasteiger partial charge in [-0.2, -0.15) is 0 Å². The summed E-state index contributed by atoms with van der Waals surface area (Å²) in [7, 11) is 2.61. The highest BCUT2D eigenvalue weighted by molar-refractivity contribution is 6.08. The van der Waals surface area contributed by atoms with E-state index in [1.165, 1.54) is 37.1 Å². The molecule has 32 heavy (non-hydrogen) atoms. The lowest BCUT2D eigenvalue weighted by atomic mass is 10.1. The summed E-state index contributed by atoms with van der Waals surface area (Å²) in [5, 5.41) is 2.74. The van der Waals surface area contributed by atoms with Gasteiger partial charge in [-0.05, 0) is 30.3 Å². The fraction of sp³-hybridized carbons (Fsp3) is 0.0870. The third kappa shape index (κ3) is 3.56. The number of aromatic nitrogens is 3. The molecule has 0 fully saturated rings. The van der Waals surface area contributed by atoms with Crippen LogP contribution in [-0.2, 0) is 11.8 Å². The van der Waals surface area contributed by atoms with E-state index in [9.17, 15) is 19.2 Å². The molecule has 0 saturated carbocycles. The van der Waals surface area contributed by atoms with Gasteiger partial charge >= 0.3 is 11.7 Å². The number of pyridine rings is 1. The standard InChI is InChI=1S/C23H18N4O5/c1-26-21(29)17-12-14(20(28)25-18-11-7-6-10-16(18)22(30)32-2)13-24-19(17)27(23(26)31)15-8-4-3-5-9-15/h3-13H,1-2H3,(H,25,28). The lowest BCUT2D eigenvalue weighted by Gasteiger charge is -2.13. The van der Waals surface area contributed by atoms with E-state index >= 15 is 0 Å². The first kappa shape index (κ1) is 20.7. The van der Waals surface area contributed by atoms with Crippen molar-refractivity contribution < 1.29 is 14.3 Å². The molecule has 0 aliphatic rings. The highest BCUT2D eigenvalue weighted by atomic mass is 16.5. The summed E-state index contributed by atoms with van der Waals surface area (Å²) < 4.78 is 7.01. The molecule has 9 heteroatoms. The van der Waals surface area contributed by atoms with Gasteiger partial charge in [-0.3, -0.25) is 14.2 Å². The maximum atomic E-state index is 12.9. The van der Waals surface area contributed by atoms with Gasteiger partial charge in [-0.1, -0.05) is 30.3 Å². The number of ether oxygens (including phenoxy) is 1. The number of nitrogens with zero attached hydrogens (tertiary/aromatic N) is 3. The first-order valence-corrected chi connectivity index (χ1v) is 9.58. The highest BCUT2D eigenvalue weighted by Gasteiger charge is 2.18. The van der Waals surface area contributed by atoms with E-state index in [1.54, 1.807) is 48.5 Å². The van der Waals surface area contributed by atoms with Crippen LogP contribution < -0.4 is 16.6 Å². The van der Waals surface area contributed by atoms with E-state index in [2.05, 4.69) is 10.3 Å². The Balaban J connectivity index is 1.82. The van der Waals surface area contributed by atoms with Crippen LogP contribution in [0.25, 0.3) is 16.7 Å². The van der Waals surface area contributed by atoms with Crippen LogP contribution in [0.2, 0.25) is 0 Å². The Morgan fingerprint density at radius 3 is 2.41 bits per heavy atom. The van der Waals surface area contributed by atoms with E-state index in [0.29, 0.717) is 5.69 Å². The van der Waals surface area contributed by atoms with Crippen molar-refractivity contribution in [3.05, 3.63) is 98.8 Å². The first-order valence-electron chi connectivity index (χ1n) is 9.58. The van der Waals surface area contributed by atoms with Gasteiger partial charge in [-0.15, -0.1) is 0 Å². The zero-order valence-corrected chi connectivity index (χ0v) is 17.2. The molecular weight excluding hydrogens is 412 g/mol. The van der Waals surface area contributed by atoms with E-state index in [4.69, 9.17) is 4.74 Å². The number of nitrogens with one attached hydrogen (secondary N) is 1. The van der Waals surface area contributed by atoms with Crippen molar-refractivity contribution in [2.75, 3.05) is 12.4 Å². The number of amides is 1. The summed E-state index contributed by atoms with van der Waals surface area (Å²) in [5.41, 5.74) is 0.0791. The number of esters is 1. The van der Waals surface area contributed by atoms with Gasteiger partial charge in [0.05, 0.1) is 35.0 Å². The van der Waals surface area contributed by atoms with Crippen LogP contribution in [0.15, 0.2) is 76.4 Å². The molecule has 2 heterocycles. The summed E-state index contributed by atoms with van der Waals surface area (Å²) in [6, 6.07) is 16.5. The van der Waals surface area contributed by atoms with Crippen LogP contribution in [0.5, 0.6) is 0 Å². The van der Waals surface area contributed by atoms with Gasteiger partial charge in [0.1, 0.15) is 0 Å². The number of para-hydroxylation sites is 2. The molecule has 4 rings (SSSR count). The largest absolute Gasteiger partial charge is 0.465 e. The van der Waals surface area contributed by atoms with Crippen LogP contribution in [0.4, 0.5) is 5.69 Å². The van der Waals surface area contributed by atoms with Crippen molar-refractivity contribution in [2.45, 2.75) is 0 Å². The van der Waals surface area contributed by atoms with E-state index in [-0.39, 0.29) is 27.8 Å². The van der Waals surface area contributed by atoms with Crippen molar-refractivity contribution in [1.29, 1.82) is 0 Å². The van der Waals surface area contributed by atoms with Crippen molar-refractivity contribution in [1.82, 2.24) is 14.1 Å². The van der Waals surface area contributed by atoms with Gasteiger partial charge in [0.2, 0.25) is 0 Å². The maximum Gasteiger partial charge on any atom is 0.339 e. The minimum atomic E-state index is -0.599. The highest BCUT2D eigenvalue weighted by Crippen LogP contribution is 2.18. The number of anilines is 1. The Labute approximate surface area is 181 Å². The third-order valence-corrected chi connectivity index (χ3v) is 4.95. The number of hydrogen-bond acceptors (Lipinski definition) is 6. The first-order chi connectivity index (χ1) is 15.4. The smallest absolute Gasteiger partial charge is 0.339 e. The number of fused-ring (bicyclic) bond motifs is 1. The Hall–Kier alpha value is -4.53. The monoisotopic (exact) mass is 430 g/mol. The zero-order chi connectivity index (χ0) is 22.8. The molecule has 0 radical (unpaired) electrons. The molecule has 4 aromatic rings. The van der Waals surface area contributed by atoms with Gasteiger partial charge in [0, 0.05) is 13.2 Å². The molecule has 0 aliphatic heterocycles. The number of carbonyl (C=O) groups excluding carboxylic acids is 2. The van der Waals surface area contributed by atoms with Gasteiger partial charge in [0.25, 0.3) is 11.5 Å². The van der Waals surface area contributed by atoms with Crippen molar-refractivity contribution in [3.63, 3.8) is 0 Å². The predicted molar refractivity (Wildman–Crippen MR) is 118 cm³/mol. The quantitative estimate of drug-likeness (QED) is 0.497. The minimum Gasteiger partial charge on any atom is -0.465 e. The summed E-state index contributed by atoms with van der Waals surface area (Å²) in [5.74, 6) is -1.17. The van der Waals surface area contributed by atoms with E-state index < -0.39 is 23.1 Å². The molecule has 1 amide bonds. The van der Waals surface area contributed by atoms with Crippen LogP contribution in [0.1, 0.15) is 20.7 Å². The summed E-state index contributed by atoms with van der Waals surface area (Å²) in [4.78, 5) is 54.6. The van der Waals surface area contributed by atoms with Crippen molar-refractivity contribution in [3.8, 4) is 5.69 Å². The van der Waals surface area contributed by atoms with Crippen molar-refractivity contribution in [2.24, 2.45) is 7.05 Å². The summed E-state index contributed by atoms with van der Waals surface area (Å²) in [6.07, 6.45) is 1.27. The maximum absolute atomic E-state index is 12.9. The molecule has 2 aromatic heterocycles. The topological polar surface area (TPSA) is 112 Å². The fourth-order valence-corrected chi connectivity index (χ4v) is 3.31. The molecule has 160 valence electrons. The SMILES string of the molecule is COC(=O)c1ccccc1NC(=O)c1cnc2c(c1)c(=O)n(C)c(=O)n2-c1ccccc1. The summed E-state index contributed by atoms with van der Waals surface area (Å²) >= 11 is 0. The number of hydrogen-bond donors (Lipinski definition) is 1. The normalized spacial score (nSPS) is 10.7. The second-order valence-electron chi connectivity index (χ2n) is 6.90. The van der Waals surface area contributed by atoms with E-state index in [0.717, 1.165) is 4.57 Å². The molecule has 0 spiro atoms. The summed E-state index contributed by atoms with van der Waals surface area (Å²) in [6.45, 7) is 0. The average Bonchev–Trinajstić information content (AvgIpc) is 2.83. The van der Waals surface area contributed by atoms with Crippen LogP contribution in [0, 0.1) is 0 Å². The number of benzene rings is 2. The lowest BCUT2D eigenvalue weighted by molar-refractivity contribution is 0.0602. The number of carbonyl (C=O) groups is 2. The zero-order valence-electron chi connectivity index (χ0n) is 17.2. The van der Waals surface area contributed by atoms with Crippen molar-refractivity contribution >= 4 is 28.6 Å². The average molecular weight is 430 g/mol. The van der Waals surface area contributed by atoms with Crippen LogP contribution >= 0.6 is 0 Å². The predicted octanol–water partition coefficient (Wildman–Crippen LogP) is 2.12. The molecule has 0 bridgehead atoms. The third-order valence-electron chi connectivity index (χ3n) is 4.95. The Kier molecular flexibility index (Phi) is 5.38. The molecular formula is C23H18N4O5. The van der Waals surface area contributed by atoms with Crippen LogP contribution in [-0.4, -0.2) is 33.1 Å². The second kappa shape index (κ2) is 8.31. The molecule has 0 saturated heterocycles. The molecule has 2 aromatic carbocycles. The number of rotatable bonds is 4. The molecule has 0 unspecified atom stereocenters. The minimum absolute atomic E-state index is 0.0903. The van der Waals surface area contributed by atoms with E-state index in [1.807, 2.05) is 0 Å². The second-order valence-corrected chi connectivity index (χ2v) is 6.90. The lowest BCUT2D eigenvalue weighted by Crippen LogP contribution is -2.38. The van der Waals surface area contributed by atoms with Gasteiger partial charge in [-0.25, -0.2) is 19.1 Å². The molecule has 9 nitrogen and oxygen atoms in total. The van der Waals surface area contributed by atoms with Crippen LogP contribution in [0.3, 0.4) is 0 Å². The Morgan fingerprint density at radius 1 is 1.00 bits per heavy atom. The Bertz CT molecular complexity index is 1470. The van der Waals surface area contributed by atoms with Gasteiger partial charge in [0.15, 0.2) is 5.65 Å². The molecule has 0 aliphatic carbocycles. The molecule has 0 atom stereocenters. The van der Waals surface area contributed by atoms with Gasteiger partial charge < -0.3 is 10.1 Å². The Morgan fingerprint density at radius 2 is 1.69 bits per heavy atom. The fourth-order valence-electron chi connectivity index (χ4n) is 3.31. The molecule has 1 N–H and O–H groups in total.